The number of pyridine rings is 1. The molecule has 0 radical (unpaired) electrons. The average molecular weight is 505 g/mol. The summed E-state index contributed by atoms with van der Waals surface area (Å²) in [5.74, 6) is 5.80. The standard InChI is InChI=1S/C30H28N6O2/c1-19(33-28(37)25-20(2)34-35-17-9-16-32-27(25)35)24-18-22-11-8-10-21(14-15-30(3,4)31)26(22)29(38)36(24)23-12-6-5-7-13-23/h5-13,16-19H,31H2,1-4H3,(H,33,37)/t19-/m0/s1. The van der Waals surface area contributed by atoms with Crippen LogP contribution in [-0.2, 0) is 0 Å². The van der Waals surface area contributed by atoms with Gasteiger partial charge < -0.3 is 11.1 Å². The average Bonchev–Trinajstić information content (AvgIpc) is 3.23. The van der Waals surface area contributed by atoms with Crippen LogP contribution in [0.1, 0.15) is 54.1 Å². The van der Waals surface area contributed by atoms with Gasteiger partial charge in [0.1, 0.15) is 5.56 Å². The molecule has 3 N–H and O–H groups in total. The smallest absolute Gasteiger partial charge is 0.264 e. The summed E-state index contributed by atoms with van der Waals surface area (Å²) in [4.78, 5) is 31.8. The van der Waals surface area contributed by atoms with E-state index in [4.69, 9.17) is 5.73 Å². The van der Waals surface area contributed by atoms with Crippen LogP contribution in [0, 0.1) is 18.8 Å². The van der Waals surface area contributed by atoms with Crippen molar-refractivity contribution in [3.05, 3.63) is 106 Å². The van der Waals surface area contributed by atoms with Crippen LogP contribution < -0.4 is 16.6 Å². The number of carbonyl (C=O) groups is 1. The topological polar surface area (TPSA) is 107 Å². The van der Waals surface area contributed by atoms with Gasteiger partial charge in [-0.05, 0) is 63.4 Å². The number of amides is 1. The molecule has 0 aliphatic carbocycles. The van der Waals surface area contributed by atoms with Gasteiger partial charge in [-0.1, -0.05) is 42.2 Å². The molecule has 8 heteroatoms. The Bertz CT molecular complexity index is 1800. The molecule has 0 spiro atoms. The number of aryl methyl sites for hydroxylation is 1. The summed E-state index contributed by atoms with van der Waals surface area (Å²) in [5, 5.41) is 8.68. The Morgan fingerprint density at radius 2 is 1.87 bits per heavy atom. The SMILES string of the molecule is Cc1nn2cccnc2c1C(=O)N[C@@H](C)c1cc2cccc(C#CC(C)(C)N)c2c(=O)n1-c1ccccc1. The quantitative estimate of drug-likeness (QED) is 0.361. The predicted octanol–water partition coefficient (Wildman–Crippen LogP) is 3.92. The van der Waals surface area contributed by atoms with Crippen molar-refractivity contribution in [2.75, 3.05) is 0 Å². The number of hydrogen-bond acceptors (Lipinski definition) is 5. The molecule has 5 aromatic rings. The molecule has 38 heavy (non-hydrogen) atoms. The van der Waals surface area contributed by atoms with E-state index in [1.54, 1.807) is 34.5 Å². The minimum absolute atomic E-state index is 0.224. The van der Waals surface area contributed by atoms with Crippen LogP contribution in [0.4, 0.5) is 0 Å². The van der Waals surface area contributed by atoms with Crippen LogP contribution in [0.2, 0.25) is 0 Å². The summed E-state index contributed by atoms with van der Waals surface area (Å²) in [6, 6.07) is 18.1. The summed E-state index contributed by atoms with van der Waals surface area (Å²) >= 11 is 0. The largest absolute Gasteiger partial charge is 0.344 e. The second-order valence-electron chi connectivity index (χ2n) is 9.83. The van der Waals surface area contributed by atoms with Gasteiger partial charge in [-0.2, -0.15) is 5.10 Å². The zero-order chi connectivity index (χ0) is 27.0. The monoisotopic (exact) mass is 504 g/mol. The molecule has 8 nitrogen and oxygen atoms in total. The van der Waals surface area contributed by atoms with Crippen molar-refractivity contribution < 1.29 is 4.79 Å². The van der Waals surface area contributed by atoms with E-state index in [9.17, 15) is 9.59 Å². The van der Waals surface area contributed by atoms with Crippen molar-refractivity contribution in [1.82, 2.24) is 24.5 Å². The lowest BCUT2D eigenvalue weighted by Gasteiger charge is -2.21. The number of fused-ring (bicyclic) bond motifs is 2. The lowest BCUT2D eigenvalue weighted by atomic mass is 10.0. The van der Waals surface area contributed by atoms with Crippen molar-refractivity contribution >= 4 is 22.3 Å². The van der Waals surface area contributed by atoms with Crippen LogP contribution >= 0.6 is 0 Å². The molecule has 190 valence electrons. The molecule has 1 atom stereocenters. The third-order valence-corrected chi connectivity index (χ3v) is 6.20. The molecule has 0 fully saturated rings. The zero-order valence-corrected chi connectivity index (χ0v) is 21.7. The van der Waals surface area contributed by atoms with Crippen molar-refractivity contribution in [1.29, 1.82) is 0 Å². The van der Waals surface area contributed by atoms with Gasteiger partial charge in [-0.15, -0.1) is 0 Å². The fourth-order valence-corrected chi connectivity index (χ4v) is 4.48. The molecule has 5 rings (SSSR count). The third kappa shape index (κ3) is 4.67. The molecule has 2 aromatic carbocycles. The number of hydrogen-bond donors (Lipinski definition) is 2. The van der Waals surface area contributed by atoms with Crippen LogP contribution in [0.3, 0.4) is 0 Å². The summed E-state index contributed by atoms with van der Waals surface area (Å²) in [7, 11) is 0. The molecule has 3 heterocycles. The molecule has 0 aliphatic heterocycles. The first kappa shape index (κ1) is 24.9. The van der Waals surface area contributed by atoms with Crippen molar-refractivity contribution in [3.63, 3.8) is 0 Å². The van der Waals surface area contributed by atoms with Gasteiger partial charge in [-0.3, -0.25) is 14.2 Å². The number of aromatic nitrogens is 4. The Morgan fingerprint density at radius 3 is 2.61 bits per heavy atom. The molecular formula is C30H28N6O2. The first-order valence-corrected chi connectivity index (χ1v) is 12.3. The van der Waals surface area contributed by atoms with Crippen LogP contribution in [-0.4, -0.2) is 30.6 Å². The number of rotatable bonds is 4. The second-order valence-corrected chi connectivity index (χ2v) is 9.83. The number of benzene rings is 2. The van der Waals surface area contributed by atoms with Gasteiger partial charge in [0.15, 0.2) is 5.65 Å². The molecule has 1 amide bonds. The van der Waals surface area contributed by atoms with E-state index in [2.05, 4.69) is 27.2 Å². The van der Waals surface area contributed by atoms with Gasteiger partial charge in [-0.25, -0.2) is 9.50 Å². The van der Waals surface area contributed by atoms with Crippen LogP contribution in [0.25, 0.3) is 22.1 Å². The van der Waals surface area contributed by atoms with Crippen molar-refractivity contribution in [3.8, 4) is 17.5 Å². The summed E-state index contributed by atoms with van der Waals surface area (Å²) in [6.07, 6.45) is 3.37. The van der Waals surface area contributed by atoms with Gasteiger partial charge in [0.05, 0.1) is 22.7 Å². The second kappa shape index (κ2) is 9.61. The van der Waals surface area contributed by atoms with E-state index in [0.717, 1.165) is 5.39 Å². The molecular weight excluding hydrogens is 476 g/mol. The Morgan fingerprint density at radius 1 is 1.11 bits per heavy atom. The molecule has 0 bridgehead atoms. The highest BCUT2D eigenvalue weighted by molar-refractivity contribution is 6.01. The van der Waals surface area contributed by atoms with Gasteiger partial charge in [0, 0.05) is 29.3 Å². The molecule has 0 saturated carbocycles. The fourth-order valence-electron chi connectivity index (χ4n) is 4.48. The van der Waals surface area contributed by atoms with Gasteiger partial charge in [0.2, 0.25) is 0 Å². The lowest BCUT2D eigenvalue weighted by Crippen LogP contribution is -2.32. The van der Waals surface area contributed by atoms with E-state index in [-0.39, 0.29) is 11.5 Å². The number of nitrogens with one attached hydrogen (secondary N) is 1. The lowest BCUT2D eigenvalue weighted by molar-refractivity contribution is 0.0939. The highest BCUT2D eigenvalue weighted by Gasteiger charge is 2.23. The summed E-state index contributed by atoms with van der Waals surface area (Å²) in [5.41, 5.74) is 8.51. The van der Waals surface area contributed by atoms with E-state index >= 15 is 0 Å². The van der Waals surface area contributed by atoms with E-state index < -0.39 is 11.6 Å². The predicted molar refractivity (Wildman–Crippen MR) is 148 cm³/mol. The number of nitrogens with two attached hydrogens (primary N) is 1. The van der Waals surface area contributed by atoms with E-state index in [1.165, 1.54) is 0 Å². The first-order valence-electron chi connectivity index (χ1n) is 12.3. The van der Waals surface area contributed by atoms with Gasteiger partial charge >= 0.3 is 0 Å². The van der Waals surface area contributed by atoms with Crippen LogP contribution in [0.5, 0.6) is 0 Å². The Balaban J connectivity index is 1.66. The number of para-hydroxylation sites is 1. The molecule has 0 saturated heterocycles. The molecule has 0 unspecified atom stereocenters. The first-order chi connectivity index (χ1) is 18.1. The minimum Gasteiger partial charge on any atom is -0.344 e. The highest BCUT2D eigenvalue weighted by Crippen LogP contribution is 2.24. The van der Waals surface area contributed by atoms with Gasteiger partial charge in [0.25, 0.3) is 11.5 Å². The van der Waals surface area contributed by atoms with Crippen molar-refractivity contribution in [2.24, 2.45) is 5.73 Å². The molecule has 0 aliphatic rings. The summed E-state index contributed by atoms with van der Waals surface area (Å²) in [6.45, 7) is 7.26. The van der Waals surface area contributed by atoms with Crippen molar-refractivity contribution in [2.45, 2.75) is 39.3 Å². The summed E-state index contributed by atoms with van der Waals surface area (Å²) < 4.78 is 3.21. The maximum absolute atomic E-state index is 14.1. The minimum atomic E-state index is -0.704. The Kier molecular flexibility index (Phi) is 6.31. The van der Waals surface area contributed by atoms with E-state index in [1.807, 2.05) is 75.4 Å². The maximum Gasteiger partial charge on any atom is 0.264 e. The Labute approximate surface area is 220 Å². The van der Waals surface area contributed by atoms with Crippen LogP contribution in [0.15, 0.2) is 77.9 Å². The fraction of sp³-hybridized carbons (Fsp3) is 0.200. The Hall–Kier alpha value is -4.74. The normalized spacial score (nSPS) is 12.2. The molecule has 3 aromatic heterocycles. The number of carbonyl (C=O) groups excluding carboxylic acids is 1. The third-order valence-electron chi connectivity index (χ3n) is 6.20. The zero-order valence-electron chi connectivity index (χ0n) is 21.7. The number of nitrogens with zero attached hydrogens (tertiary/aromatic N) is 4. The highest BCUT2D eigenvalue weighted by atomic mass is 16.2. The maximum atomic E-state index is 14.1. The van der Waals surface area contributed by atoms with E-state index in [0.29, 0.717) is 39.2 Å².